The lowest BCUT2D eigenvalue weighted by molar-refractivity contribution is 0.0917. The van der Waals surface area contributed by atoms with E-state index in [-0.39, 0.29) is 12.5 Å². The molecule has 5 heteroatoms. The summed E-state index contributed by atoms with van der Waals surface area (Å²) in [6, 6.07) is 24.3. The number of amides is 1. The smallest absolute Gasteiger partial charge is 0.251 e. The van der Waals surface area contributed by atoms with Gasteiger partial charge in [-0.3, -0.25) is 4.79 Å². The van der Waals surface area contributed by atoms with E-state index in [4.69, 9.17) is 4.74 Å². The fraction of sp³-hybridized carbons (Fsp3) is 0.125. The maximum atomic E-state index is 12.5. The molecule has 0 spiro atoms. The summed E-state index contributed by atoms with van der Waals surface area (Å²) < 4.78 is 7.71. The van der Waals surface area contributed by atoms with E-state index >= 15 is 0 Å². The van der Waals surface area contributed by atoms with Crippen LogP contribution in [0, 0.1) is 0 Å². The van der Waals surface area contributed by atoms with E-state index in [2.05, 4.69) is 5.32 Å². The lowest BCUT2D eigenvalue weighted by Gasteiger charge is -2.12. The molecule has 5 nitrogen and oxygen atoms in total. The summed E-state index contributed by atoms with van der Waals surface area (Å²) >= 11 is 0. The van der Waals surface area contributed by atoms with Gasteiger partial charge < -0.3 is 19.7 Å². The van der Waals surface area contributed by atoms with Crippen molar-refractivity contribution < 1.29 is 14.6 Å². The average Bonchev–Trinajstić information content (AvgIpc) is 3.10. The second-order valence-corrected chi connectivity index (χ2v) is 6.88. The van der Waals surface area contributed by atoms with Crippen molar-refractivity contribution in [2.45, 2.75) is 6.10 Å². The Hall–Kier alpha value is -3.57. The molecule has 0 fully saturated rings. The van der Waals surface area contributed by atoms with Crippen LogP contribution in [0.1, 0.15) is 22.0 Å². The maximum Gasteiger partial charge on any atom is 0.251 e. The van der Waals surface area contributed by atoms with Crippen LogP contribution in [-0.4, -0.2) is 22.1 Å². The first-order valence-electron chi connectivity index (χ1n) is 9.45. The molecule has 146 valence electrons. The Bertz CT molecular complexity index is 1120. The monoisotopic (exact) mass is 386 g/mol. The van der Waals surface area contributed by atoms with Gasteiger partial charge in [0.25, 0.3) is 5.91 Å². The van der Waals surface area contributed by atoms with Gasteiger partial charge in [0.2, 0.25) is 0 Å². The van der Waals surface area contributed by atoms with Crippen LogP contribution in [0.2, 0.25) is 0 Å². The van der Waals surface area contributed by atoms with Crippen LogP contribution in [0.25, 0.3) is 10.9 Å². The zero-order chi connectivity index (χ0) is 20.2. The Morgan fingerprint density at radius 2 is 1.62 bits per heavy atom. The number of carbonyl (C=O) groups excluding carboxylic acids is 1. The van der Waals surface area contributed by atoms with Gasteiger partial charge in [-0.1, -0.05) is 36.4 Å². The second kappa shape index (κ2) is 8.20. The van der Waals surface area contributed by atoms with Crippen molar-refractivity contribution in [3.05, 3.63) is 96.2 Å². The summed E-state index contributed by atoms with van der Waals surface area (Å²) in [5.41, 5.74) is 2.35. The third kappa shape index (κ3) is 4.15. The number of benzene rings is 3. The van der Waals surface area contributed by atoms with Gasteiger partial charge in [0.05, 0.1) is 6.10 Å². The van der Waals surface area contributed by atoms with E-state index in [0.717, 1.165) is 22.2 Å². The normalized spacial score (nSPS) is 11.9. The summed E-state index contributed by atoms with van der Waals surface area (Å²) in [5.74, 6) is 1.15. The number of aliphatic hydroxyl groups is 1. The number of hydrogen-bond donors (Lipinski definition) is 2. The summed E-state index contributed by atoms with van der Waals surface area (Å²) in [7, 11) is 1.94. The summed E-state index contributed by atoms with van der Waals surface area (Å²) in [6.45, 7) is 0.134. The molecule has 0 aliphatic heterocycles. The van der Waals surface area contributed by atoms with Crippen LogP contribution < -0.4 is 10.1 Å². The number of carbonyl (C=O) groups is 1. The van der Waals surface area contributed by atoms with Gasteiger partial charge in [-0.15, -0.1) is 0 Å². The summed E-state index contributed by atoms with van der Waals surface area (Å²) in [6.07, 6.45) is 1.11. The minimum atomic E-state index is -0.786. The first kappa shape index (κ1) is 18.8. The molecular formula is C24H22N2O3. The molecule has 0 saturated heterocycles. The number of nitrogens with one attached hydrogen (secondary N) is 1. The molecule has 1 aromatic heterocycles. The highest BCUT2D eigenvalue weighted by Crippen LogP contribution is 2.26. The van der Waals surface area contributed by atoms with Gasteiger partial charge in [-0.2, -0.15) is 0 Å². The number of aromatic nitrogens is 1. The molecule has 4 rings (SSSR count). The number of nitrogens with zero attached hydrogens (tertiary/aromatic N) is 1. The number of ether oxygens (including phenoxy) is 1. The third-order valence-electron chi connectivity index (χ3n) is 4.84. The van der Waals surface area contributed by atoms with Gasteiger partial charge in [-0.05, 0) is 42.5 Å². The number of aliphatic hydroxyl groups excluding tert-OH is 1. The fourth-order valence-electron chi connectivity index (χ4n) is 3.34. The molecule has 0 radical (unpaired) electrons. The summed E-state index contributed by atoms with van der Waals surface area (Å²) in [4.78, 5) is 12.5. The van der Waals surface area contributed by atoms with Gasteiger partial charge in [0.1, 0.15) is 11.5 Å². The molecule has 0 aliphatic carbocycles. The molecule has 4 aromatic rings. The van der Waals surface area contributed by atoms with Crippen LogP contribution >= 0.6 is 0 Å². The van der Waals surface area contributed by atoms with Crippen molar-refractivity contribution in [1.29, 1.82) is 0 Å². The van der Waals surface area contributed by atoms with Crippen molar-refractivity contribution in [3.63, 3.8) is 0 Å². The van der Waals surface area contributed by atoms with Gasteiger partial charge in [0, 0.05) is 41.8 Å². The molecule has 0 unspecified atom stereocenters. The molecule has 29 heavy (non-hydrogen) atoms. The Kier molecular flexibility index (Phi) is 5.31. The van der Waals surface area contributed by atoms with Gasteiger partial charge in [-0.25, -0.2) is 0 Å². The Labute approximate surface area is 169 Å². The van der Waals surface area contributed by atoms with Crippen LogP contribution in [0.4, 0.5) is 0 Å². The molecule has 0 saturated carbocycles. The highest BCUT2D eigenvalue weighted by atomic mass is 16.5. The predicted octanol–water partition coefficient (Wildman–Crippen LogP) is 4.43. The van der Waals surface area contributed by atoms with Crippen LogP contribution in [0.3, 0.4) is 0 Å². The first-order chi connectivity index (χ1) is 14.1. The van der Waals surface area contributed by atoms with Gasteiger partial charge in [0.15, 0.2) is 0 Å². The SMILES string of the molecule is Cn1cc([C@H](O)CNC(=O)c2ccc(Oc3ccccc3)cc2)c2ccccc21. The Balaban J connectivity index is 1.39. The zero-order valence-corrected chi connectivity index (χ0v) is 16.1. The van der Waals surface area contributed by atoms with Crippen LogP contribution in [0.5, 0.6) is 11.5 Å². The molecule has 1 atom stereocenters. The first-order valence-corrected chi connectivity index (χ1v) is 9.45. The Morgan fingerprint density at radius 3 is 2.38 bits per heavy atom. The molecular weight excluding hydrogens is 364 g/mol. The van der Waals surface area contributed by atoms with Crippen molar-refractivity contribution in [2.75, 3.05) is 6.54 Å². The molecule has 0 bridgehead atoms. The number of aryl methyl sites for hydroxylation is 1. The molecule has 1 amide bonds. The second-order valence-electron chi connectivity index (χ2n) is 6.88. The number of hydrogen-bond acceptors (Lipinski definition) is 3. The van der Waals surface area contributed by atoms with Crippen molar-refractivity contribution in [2.24, 2.45) is 7.05 Å². The maximum absolute atomic E-state index is 12.5. The van der Waals surface area contributed by atoms with E-state index in [0.29, 0.717) is 11.3 Å². The van der Waals surface area contributed by atoms with E-state index in [1.54, 1.807) is 24.3 Å². The third-order valence-corrected chi connectivity index (χ3v) is 4.84. The Morgan fingerprint density at radius 1 is 0.966 bits per heavy atom. The highest BCUT2D eigenvalue weighted by Gasteiger charge is 2.16. The van der Waals surface area contributed by atoms with E-state index < -0.39 is 6.10 Å². The fourth-order valence-corrected chi connectivity index (χ4v) is 3.34. The number of rotatable bonds is 6. The van der Waals surface area contributed by atoms with E-state index in [1.165, 1.54) is 0 Å². The van der Waals surface area contributed by atoms with Crippen molar-refractivity contribution >= 4 is 16.8 Å². The van der Waals surface area contributed by atoms with Crippen molar-refractivity contribution in [3.8, 4) is 11.5 Å². The van der Waals surface area contributed by atoms with Crippen molar-refractivity contribution in [1.82, 2.24) is 9.88 Å². The highest BCUT2D eigenvalue weighted by molar-refractivity contribution is 5.94. The molecule has 2 N–H and O–H groups in total. The van der Waals surface area contributed by atoms with Crippen LogP contribution in [-0.2, 0) is 7.05 Å². The van der Waals surface area contributed by atoms with E-state index in [9.17, 15) is 9.90 Å². The standard InChI is InChI=1S/C24H22N2O3/c1-26-16-21(20-9-5-6-10-22(20)26)23(27)15-25-24(28)17-11-13-19(14-12-17)29-18-7-3-2-4-8-18/h2-14,16,23,27H,15H2,1H3,(H,25,28)/t23-/m1/s1. The lowest BCUT2D eigenvalue weighted by Crippen LogP contribution is -2.28. The predicted molar refractivity (Wildman–Crippen MR) is 113 cm³/mol. The molecule has 0 aliphatic rings. The minimum absolute atomic E-state index is 0.134. The molecule has 1 heterocycles. The summed E-state index contributed by atoms with van der Waals surface area (Å²) in [5, 5.41) is 14.4. The lowest BCUT2D eigenvalue weighted by atomic mass is 10.1. The minimum Gasteiger partial charge on any atom is -0.457 e. The molecule has 3 aromatic carbocycles. The average molecular weight is 386 g/mol. The quantitative estimate of drug-likeness (QED) is 0.515. The van der Waals surface area contributed by atoms with Gasteiger partial charge >= 0.3 is 0 Å². The van der Waals surface area contributed by atoms with E-state index in [1.807, 2.05) is 72.4 Å². The largest absolute Gasteiger partial charge is 0.457 e. The van der Waals surface area contributed by atoms with Crippen LogP contribution in [0.15, 0.2) is 85.1 Å². The number of para-hydroxylation sites is 2. The number of fused-ring (bicyclic) bond motifs is 1. The topological polar surface area (TPSA) is 63.5 Å². The zero-order valence-electron chi connectivity index (χ0n) is 16.1.